The van der Waals surface area contributed by atoms with Gasteiger partial charge in [-0.1, -0.05) is 66.7 Å². The summed E-state index contributed by atoms with van der Waals surface area (Å²) in [6.07, 6.45) is 4.05. The summed E-state index contributed by atoms with van der Waals surface area (Å²) in [5, 5.41) is 9.47. The fourth-order valence-electron chi connectivity index (χ4n) is 3.22. The predicted octanol–water partition coefficient (Wildman–Crippen LogP) is 4.17. The van der Waals surface area contributed by atoms with Crippen LogP contribution in [0.4, 0.5) is 0 Å². The zero-order chi connectivity index (χ0) is 19.9. The maximum atomic E-state index is 12.1. The first-order valence-electron chi connectivity index (χ1n) is 9.70. The second-order valence-electron chi connectivity index (χ2n) is 6.88. The van der Waals surface area contributed by atoms with Crippen molar-refractivity contribution in [2.45, 2.75) is 19.5 Å². The molecule has 0 bridgehead atoms. The molecule has 5 heteroatoms. The first kappa shape index (κ1) is 18.7. The van der Waals surface area contributed by atoms with Crippen LogP contribution in [-0.4, -0.2) is 22.3 Å². The van der Waals surface area contributed by atoms with Gasteiger partial charge in [0.25, 0.3) is 0 Å². The summed E-state index contributed by atoms with van der Waals surface area (Å²) < 4.78 is 7.71. The van der Waals surface area contributed by atoms with E-state index in [1.165, 1.54) is 5.56 Å². The highest BCUT2D eigenvalue weighted by Crippen LogP contribution is 2.25. The summed E-state index contributed by atoms with van der Waals surface area (Å²) in [4.78, 5) is 12.1. The summed E-state index contributed by atoms with van der Waals surface area (Å²) in [7, 11) is 0. The smallest absolute Gasteiger partial charge is 0.223 e. The zero-order valence-corrected chi connectivity index (χ0v) is 16.1. The highest BCUT2D eigenvalue weighted by Gasteiger charge is 2.06. The average Bonchev–Trinajstić information content (AvgIpc) is 3.20. The van der Waals surface area contributed by atoms with E-state index in [9.17, 15) is 4.79 Å². The van der Waals surface area contributed by atoms with Crippen LogP contribution in [0.2, 0.25) is 0 Å². The summed E-state index contributed by atoms with van der Waals surface area (Å²) in [5.74, 6) is 0.763. The van der Waals surface area contributed by atoms with E-state index >= 15 is 0 Å². The minimum atomic E-state index is -0.0407. The number of hydrogen-bond donors (Lipinski definition) is 1. The third-order valence-electron chi connectivity index (χ3n) is 4.70. The quantitative estimate of drug-likeness (QED) is 0.495. The molecule has 0 atom stereocenters. The second kappa shape index (κ2) is 9.06. The Labute approximate surface area is 169 Å². The van der Waals surface area contributed by atoms with Gasteiger partial charge in [-0.25, -0.2) is 0 Å². The van der Waals surface area contributed by atoms with Crippen molar-refractivity contribution >= 4 is 16.7 Å². The van der Waals surface area contributed by atoms with Crippen LogP contribution in [-0.2, 0) is 17.9 Å². The maximum Gasteiger partial charge on any atom is 0.223 e. The van der Waals surface area contributed by atoms with E-state index in [0.717, 1.165) is 22.1 Å². The Morgan fingerprint density at radius 1 is 0.931 bits per heavy atom. The van der Waals surface area contributed by atoms with Gasteiger partial charge in [0.05, 0.1) is 25.8 Å². The topological polar surface area (TPSA) is 56.1 Å². The van der Waals surface area contributed by atoms with Gasteiger partial charge in [-0.2, -0.15) is 5.10 Å². The number of rotatable bonds is 8. The fraction of sp³-hybridized carbons (Fsp3) is 0.167. The fourth-order valence-corrected chi connectivity index (χ4v) is 3.22. The molecule has 0 unspecified atom stereocenters. The summed E-state index contributed by atoms with van der Waals surface area (Å²) in [6.45, 7) is 1.52. The monoisotopic (exact) mass is 385 g/mol. The van der Waals surface area contributed by atoms with E-state index in [1.807, 2.05) is 71.5 Å². The molecule has 0 aliphatic carbocycles. The average molecular weight is 385 g/mol. The number of carbonyl (C=O) groups is 1. The molecule has 0 saturated heterocycles. The number of benzene rings is 3. The van der Waals surface area contributed by atoms with E-state index in [1.54, 1.807) is 6.20 Å². The first-order valence-corrected chi connectivity index (χ1v) is 9.70. The van der Waals surface area contributed by atoms with Crippen molar-refractivity contribution in [3.8, 4) is 5.75 Å². The molecule has 1 heterocycles. The molecule has 0 saturated carbocycles. The second-order valence-corrected chi connectivity index (χ2v) is 6.88. The molecule has 0 radical (unpaired) electrons. The van der Waals surface area contributed by atoms with Crippen molar-refractivity contribution in [3.63, 3.8) is 0 Å². The van der Waals surface area contributed by atoms with Crippen molar-refractivity contribution in [1.82, 2.24) is 15.1 Å². The van der Waals surface area contributed by atoms with Crippen molar-refractivity contribution in [2.24, 2.45) is 0 Å². The SMILES string of the molecule is O=C(CCOc1cccc2ccccc12)NCc1cnn(Cc2ccccc2)c1. The number of nitrogens with zero attached hydrogens (tertiary/aromatic N) is 2. The summed E-state index contributed by atoms with van der Waals surface area (Å²) >= 11 is 0. The Balaban J connectivity index is 1.23. The number of ether oxygens (including phenoxy) is 1. The van der Waals surface area contributed by atoms with Gasteiger partial charge < -0.3 is 10.1 Å². The van der Waals surface area contributed by atoms with Crippen LogP contribution in [0.1, 0.15) is 17.5 Å². The van der Waals surface area contributed by atoms with Gasteiger partial charge in [-0.05, 0) is 17.0 Å². The Morgan fingerprint density at radius 2 is 1.72 bits per heavy atom. The molecule has 0 fully saturated rings. The minimum absolute atomic E-state index is 0.0407. The number of carbonyl (C=O) groups excluding carboxylic acids is 1. The number of amides is 1. The van der Waals surface area contributed by atoms with Crippen molar-refractivity contribution in [3.05, 3.63) is 96.3 Å². The summed E-state index contributed by atoms with van der Waals surface area (Å²) in [6, 6.07) is 24.2. The van der Waals surface area contributed by atoms with E-state index in [0.29, 0.717) is 26.1 Å². The first-order chi connectivity index (χ1) is 14.3. The van der Waals surface area contributed by atoms with Crippen molar-refractivity contribution in [1.29, 1.82) is 0 Å². The maximum absolute atomic E-state index is 12.1. The number of hydrogen-bond acceptors (Lipinski definition) is 3. The predicted molar refractivity (Wildman–Crippen MR) is 114 cm³/mol. The lowest BCUT2D eigenvalue weighted by Crippen LogP contribution is -2.24. The zero-order valence-electron chi connectivity index (χ0n) is 16.1. The van der Waals surface area contributed by atoms with Crippen LogP contribution in [0.3, 0.4) is 0 Å². The molecule has 146 valence electrons. The van der Waals surface area contributed by atoms with Gasteiger partial charge in [-0.3, -0.25) is 9.48 Å². The third kappa shape index (κ3) is 5.02. The molecule has 3 aromatic carbocycles. The van der Waals surface area contributed by atoms with Crippen LogP contribution in [0, 0.1) is 0 Å². The van der Waals surface area contributed by atoms with Gasteiger partial charge in [0, 0.05) is 23.7 Å². The van der Waals surface area contributed by atoms with Crippen LogP contribution in [0.25, 0.3) is 10.8 Å². The van der Waals surface area contributed by atoms with E-state index in [2.05, 4.69) is 22.5 Å². The largest absolute Gasteiger partial charge is 0.492 e. The molecular weight excluding hydrogens is 362 g/mol. The molecule has 1 amide bonds. The van der Waals surface area contributed by atoms with Gasteiger partial charge in [0.1, 0.15) is 5.75 Å². The molecular formula is C24H23N3O2. The standard InChI is InChI=1S/C24H23N3O2/c28-24(13-14-29-23-12-6-10-21-9-4-5-11-22(21)23)25-15-20-16-26-27(18-20)17-19-7-2-1-3-8-19/h1-12,16,18H,13-15,17H2,(H,25,28). The van der Waals surface area contributed by atoms with E-state index < -0.39 is 0 Å². The Morgan fingerprint density at radius 3 is 2.62 bits per heavy atom. The van der Waals surface area contributed by atoms with E-state index in [-0.39, 0.29) is 5.91 Å². The minimum Gasteiger partial charge on any atom is -0.492 e. The van der Waals surface area contributed by atoms with Crippen LogP contribution in [0.15, 0.2) is 85.2 Å². The summed E-state index contributed by atoms with van der Waals surface area (Å²) in [5.41, 5.74) is 2.17. The molecule has 0 aliphatic rings. The van der Waals surface area contributed by atoms with Crippen LogP contribution < -0.4 is 10.1 Å². The molecule has 4 rings (SSSR count). The molecule has 1 aromatic heterocycles. The van der Waals surface area contributed by atoms with Crippen molar-refractivity contribution < 1.29 is 9.53 Å². The number of fused-ring (bicyclic) bond motifs is 1. The lowest BCUT2D eigenvalue weighted by Gasteiger charge is -2.09. The van der Waals surface area contributed by atoms with Gasteiger partial charge in [0.15, 0.2) is 0 Å². The van der Waals surface area contributed by atoms with Crippen LogP contribution >= 0.6 is 0 Å². The third-order valence-corrected chi connectivity index (χ3v) is 4.70. The molecule has 29 heavy (non-hydrogen) atoms. The highest BCUT2D eigenvalue weighted by molar-refractivity contribution is 5.88. The van der Waals surface area contributed by atoms with Gasteiger partial charge >= 0.3 is 0 Å². The molecule has 0 aliphatic heterocycles. The van der Waals surface area contributed by atoms with Crippen molar-refractivity contribution in [2.75, 3.05) is 6.61 Å². The Hall–Kier alpha value is -3.60. The lowest BCUT2D eigenvalue weighted by molar-refractivity contribution is -0.121. The normalized spacial score (nSPS) is 10.8. The molecule has 1 N–H and O–H groups in total. The molecule has 0 spiro atoms. The number of aromatic nitrogens is 2. The lowest BCUT2D eigenvalue weighted by atomic mass is 10.1. The number of nitrogens with one attached hydrogen (secondary N) is 1. The van der Waals surface area contributed by atoms with Crippen LogP contribution in [0.5, 0.6) is 5.75 Å². The van der Waals surface area contributed by atoms with Gasteiger partial charge in [-0.15, -0.1) is 0 Å². The Kier molecular flexibility index (Phi) is 5.86. The highest BCUT2D eigenvalue weighted by atomic mass is 16.5. The Bertz CT molecular complexity index is 1080. The van der Waals surface area contributed by atoms with Gasteiger partial charge in [0.2, 0.25) is 5.91 Å². The molecule has 4 aromatic rings. The molecule has 5 nitrogen and oxygen atoms in total. The van der Waals surface area contributed by atoms with E-state index in [4.69, 9.17) is 4.74 Å².